The Morgan fingerprint density at radius 3 is 2.57 bits per heavy atom. The van der Waals surface area contributed by atoms with Gasteiger partial charge in [0.1, 0.15) is 0 Å². The highest BCUT2D eigenvalue weighted by atomic mass is 16.1. The molecule has 0 aliphatic heterocycles. The van der Waals surface area contributed by atoms with Crippen molar-refractivity contribution in [3.8, 4) is 0 Å². The lowest BCUT2D eigenvalue weighted by Crippen LogP contribution is -2.32. The third-order valence-corrected chi connectivity index (χ3v) is 0.747. The number of hydrogen-bond donors (Lipinski definition) is 1. The Morgan fingerprint density at radius 2 is 2.43 bits per heavy atom. The first-order chi connectivity index (χ1) is 3.31. The minimum absolute atomic E-state index is 0.656. The molecule has 0 aliphatic rings. The van der Waals surface area contributed by atoms with Crippen LogP contribution >= 0.6 is 0 Å². The van der Waals surface area contributed by atoms with E-state index in [4.69, 9.17) is 0 Å². The zero-order valence-corrected chi connectivity index (χ0v) is 4.64. The molecule has 0 unspecified atom stereocenters. The third-order valence-electron chi connectivity index (χ3n) is 0.747. The van der Waals surface area contributed by atoms with E-state index in [1.807, 2.05) is 6.92 Å². The van der Waals surface area contributed by atoms with Crippen molar-refractivity contribution in [2.75, 3.05) is 13.6 Å². The van der Waals surface area contributed by atoms with Crippen LogP contribution in [0.4, 0.5) is 0 Å². The molecule has 0 heterocycles. The first-order valence-corrected chi connectivity index (χ1v) is 2.22. The lowest BCUT2D eigenvalue weighted by atomic mass is 10.7. The summed E-state index contributed by atoms with van der Waals surface area (Å²) in [5.41, 5.74) is 2.45. The van der Waals surface area contributed by atoms with E-state index in [1.54, 1.807) is 12.1 Å². The average molecular weight is 102 g/mol. The fourth-order valence-corrected chi connectivity index (χ4v) is 0.181. The molecular weight excluding hydrogens is 92.1 g/mol. The zero-order chi connectivity index (χ0) is 5.70. The number of carbonyl (C=O) groups excluding carboxylic acids is 1. The van der Waals surface area contributed by atoms with Crippen molar-refractivity contribution in [2.45, 2.75) is 6.92 Å². The fraction of sp³-hybridized carbons (Fsp3) is 0.750. The van der Waals surface area contributed by atoms with Crippen LogP contribution in [0.3, 0.4) is 0 Å². The highest BCUT2D eigenvalue weighted by Crippen LogP contribution is 1.65. The predicted molar refractivity (Wildman–Crippen MR) is 27.5 cm³/mol. The van der Waals surface area contributed by atoms with Crippen molar-refractivity contribution in [3.63, 3.8) is 0 Å². The van der Waals surface area contributed by atoms with E-state index < -0.39 is 0 Å². The van der Waals surface area contributed by atoms with Crippen molar-refractivity contribution >= 4 is 6.41 Å². The third kappa shape index (κ3) is 3.26. The molecule has 42 valence electrons. The van der Waals surface area contributed by atoms with Crippen LogP contribution < -0.4 is 5.43 Å². The van der Waals surface area contributed by atoms with Crippen molar-refractivity contribution in [3.05, 3.63) is 0 Å². The molecule has 7 heavy (non-hydrogen) atoms. The first kappa shape index (κ1) is 6.43. The Morgan fingerprint density at radius 1 is 1.86 bits per heavy atom. The van der Waals surface area contributed by atoms with Crippen molar-refractivity contribution in [2.24, 2.45) is 0 Å². The number of rotatable bonds is 3. The van der Waals surface area contributed by atoms with Crippen molar-refractivity contribution < 1.29 is 4.79 Å². The van der Waals surface area contributed by atoms with Crippen LogP contribution in [-0.4, -0.2) is 25.0 Å². The summed E-state index contributed by atoms with van der Waals surface area (Å²) in [6.07, 6.45) is 0.656. The number of nitrogens with one attached hydrogen (secondary N) is 1. The van der Waals surface area contributed by atoms with E-state index >= 15 is 0 Å². The molecule has 3 nitrogen and oxygen atoms in total. The molecule has 0 bridgehead atoms. The lowest BCUT2D eigenvalue weighted by Gasteiger charge is -2.09. The minimum Gasteiger partial charge on any atom is -0.292 e. The maximum atomic E-state index is 9.62. The van der Waals surface area contributed by atoms with Crippen LogP contribution in [0.5, 0.6) is 0 Å². The molecule has 0 saturated heterocycles. The second kappa shape index (κ2) is 3.61. The largest absolute Gasteiger partial charge is 0.292 e. The fourth-order valence-electron chi connectivity index (χ4n) is 0.181. The van der Waals surface area contributed by atoms with Crippen LogP contribution in [0.1, 0.15) is 6.92 Å². The van der Waals surface area contributed by atoms with Gasteiger partial charge in [-0.2, -0.15) is 0 Å². The number of nitrogens with zero attached hydrogens (tertiary/aromatic N) is 1. The Balaban J connectivity index is 2.98. The Kier molecular flexibility index (Phi) is 3.32. The van der Waals surface area contributed by atoms with Gasteiger partial charge < -0.3 is 0 Å². The SMILES string of the molecule is CCN(C)NC=O. The summed E-state index contributed by atoms with van der Waals surface area (Å²) in [5, 5.41) is 1.69. The maximum absolute atomic E-state index is 9.62. The highest BCUT2D eigenvalue weighted by Gasteiger charge is 1.83. The molecule has 0 aromatic heterocycles. The van der Waals surface area contributed by atoms with E-state index in [0.717, 1.165) is 6.54 Å². The highest BCUT2D eigenvalue weighted by molar-refractivity contribution is 5.44. The summed E-state index contributed by atoms with van der Waals surface area (Å²) in [6.45, 7) is 2.79. The molecule has 0 aromatic rings. The molecule has 1 N–H and O–H groups in total. The zero-order valence-electron chi connectivity index (χ0n) is 4.64. The molecule has 0 radical (unpaired) electrons. The summed E-state index contributed by atoms with van der Waals surface area (Å²) in [6, 6.07) is 0. The summed E-state index contributed by atoms with van der Waals surface area (Å²) < 4.78 is 0. The average Bonchev–Trinajstić information content (AvgIpc) is 1.68. The normalized spacial score (nSPS) is 9.00. The predicted octanol–water partition coefficient (Wildman–Crippen LogP) is -0.401. The molecule has 0 spiro atoms. The molecule has 0 fully saturated rings. The van der Waals surface area contributed by atoms with Gasteiger partial charge >= 0.3 is 0 Å². The lowest BCUT2D eigenvalue weighted by molar-refractivity contribution is -0.113. The van der Waals surface area contributed by atoms with Crippen molar-refractivity contribution in [1.82, 2.24) is 10.4 Å². The van der Waals surface area contributed by atoms with Gasteiger partial charge in [-0.05, 0) is 0 Å². The van der Waals surface area contributed by atoms with Gasteiger partial charge in [0.15, 0.2) is 0 Å². The summed E-state index contributed by atoms with van der Waals surface area (Å²) in [4.78, 5) is 9.62. The maximum Gasteiger partial charge on any atom is 0.221 e. The molecular formula is C4H10N2O. The quantitative estimate of drug-likeness (QED) is 0.388. The molecule has 0 aromatic carbocycles. The number of hydrazine groups is 1. The Labute approximate surface area is 43.3 Å². The van der Waals surface area contributed by atoms with E-state index in [1.165, 1.54) is 0 Å². The first-order valence-electron chi connectivity index (χ1n) is 2.22. The molecule has 0 rings (SSSR count). The van der Waals surface area contributed by atoms with E-state index in [-0.39, 0.29) is 0 Å². The van der Waals surface area contributed by atoms with Gasteiger partial charge in [0.05, 0.1) is 0 Å². The number of amides is 1. The van der Waals surface area contributed by atoms with Gasteiger partial charge in [0.2, 0.25) is 6.41 Å². The van der Waals surface area contributed by atoms with Crippen LogP contribution in [0, 0.1) is 0 Å². The van der Waals surface area contributed by atoms with E-state index in [9.17, 15) is 4.79 Å². The molecule has 1 amide bonds. The van der Waals surface area contributed by atoms with Crippen molar-refractivity contribution in [1.29, 1.82) is 0 Å². The summed E-state index contributed by atoms with van der Waals surface area (Å²) >= 11 is 0. The number of carbonyl (C=O) groups is 1. The van der Waals surface area contributed by atoms with Crippen LogP contribution in [0.25, 0.3) is 0 Å². The molecule has 0 atom stereocenters. The molecule has 0 aliphatic carbocycles. The standard InChI is InChI=1S/C4H10N2O/c1-3-6(2)5-4-7/h4H,3H2,1-2H3,(H,5,7). The van der Waals surface area contributed by atoms with Gasteiger partial charge in [0, 0.05) is 13.6 Å². The van der Waals surface area contributed by atoms with Gasteiger partial charge in [0.25, 0.3) is 0 Å². The van der Waals surface area contributed by atoms with Crippen LogP contribution in [0.2, 0.25) is 0 Å². The Hall–Kier alpha value is -0.570. The van der Waals surface area contributed by atoms with Crippen LogP contribution in [-0.2, 0) is 4.79 Å². The van der Waals surface area contributed by atoms with Gasteiger partial charge in [-0.15, -0.1) is 0 Å². The van der Waals surface area contributed by atoms with Gasteiger partial charge in [-0.3, -0.25) is 10.2 Å². The molecule has 3 heteroatoms. The second-order valence-electron chi connectivity index (χ2n) is 1.26. The smallest absolute Gasteiger partial charge is 0.221 e. The Bertz CT molecular complexity index is 55.7. The monoisotopic (exact) mass is 102 g/mol. The van der Waals surface area contributed by atoms with Gasteiger partial charge in [-0.25, -0.2) is 5.01 Å². The minimum atomic E-state index is 0.656. The topological polar surface area (TPSA) is 32.3 Å². The van der Waals surface area contributed by atoms with E-state index in [2.05, 4.69) is 5.43 Å². The summed E-state index contributed by atoms with van der Waals surface area (Å²) in [7, 11) is 1.80. The molecule has 0 saturated carbocycles. The summed E-state index contributed by atoms with van der Waals surface area (Å²) in [5.74, 6) is 0. The van der Waals surface area contributed by atoms with Crippen LogP contribution in [0.15, 0.2) is 0 Å². The van der Waals surface area contributed by atoms with Gasteiger partial charge in [-0.1, -0.05) is 6.92 Å². The number of hydrogen-bond acceptors (Lipinski definition) is 2. The second-order valence-corrected chi connectivity index (χ2v) is 1.26. The van der Waals surface area contributed by atoms with E-state index in [0.29, 0.717) is 6.41 Å².